The summed E-state index contributed by atoms with van der Waals surface area (Å²) < 4.78 is 10.5. The van der Waals surface area contributed by atoms with Gasteiger partial charge in [0.05, 0.1) is 12.8 Å². The van der Waals surface area contributed by atoms with Gasteiger partial charge in [-0.2, -0.15) is 0 Å². The molecule has 0 radical (unpaired) electrons. The predicted molar refractivity (Wildman–Crippen MR) is 69.7 cm³/mol. The van der Waals surface area contributed by atoms with E-state index in [-0.39, 0.29) is 11.4 Å². The van der Waals surface area contributed by atoms with Crippen LogP contribution in [0, 0.1) is 6.92 Å². The molecule has 2 N–H and O–H groups in total. The Balaban J connectivity index is 2.42. The van der Waals surface area contributed by atoms with Crippen molar-refractivity contribution in [2.75, 3.05) is 19.5 Å². The summed E-state index contributed by atoms with van der Waals surface area (Å²) in [6, 6.07) is 0. The maximum Gasteiger partial charge on any atom is 0.343 e. The summed E-state index contributed by atoms with van der Waals surface area (Å²) in [6.45, 7) is 4.37. The summed E-state index contributed by atoms with van der Waals surface area (Å²) in [6.07, 6.45) is 2.96. The second kappa shape index (κ2) is 5.13. The minimum Gasteiger partial charge on any atom is -0.465 e. The van der Waals surface area contributed by atoms with E-state index in [4.69, 9.17) is 10.5 Å². The van der Waals surface area contributed by atoms with Gasteiger partial charge in [0, 0.05) is 6.61 Å². The largest absolute Gasteiger partial charge is 0.465 e. The van der Waals surface area contributed by atoms with Crippen LogP contribution in [-0.2, 0) is 15.1 Å². The van der Waals surface area contributed by atoms with Gasteiger partial charge in [-0.25, -0.2) is 14.8 Å². The molecule has 104 valence electrons. The number of aromatic nitrogens is 2. The van der Waals surface area contributed by atoms with Crippen molar-refractivity contribution in [1.29, 1.82) is 0 Å². The van der Waals surface area contributed by atoms with Gasteiger partial charge in [-0.1, -0.05) is 0 Å². The first kappa shape index (κ1) is 13.7. The van der Waals surface area contributed by atoms with E-state index in [1.807, 2.05) is 6.92 Å². The molecule has 0 spiro atoms. The summed E-state index contributed by atoms with van der Waals surface area (Å²) >= 11 is 0. The number of rotatable bonds is 2. The molecule has 0 aliphatic carbocycles. The fourth-order valence-electron chi connectivity index (χ4n) is 2.30. The first-order chi connectivity index (χ1) is 8.98. The number of nitrogens with zero attached hydrogens (tertiary/aromatic N) is 2. The molecule has 1 atom stereocenters. The highest BCUT2D eigenvalue weighted by Gasteiger charge is 2.34. The molecule has 6 heteroatoms. The number of anilines is 1. The summed E-state index contributed by atoms with van der Waals surface area (Å²) in [5, 5.41) is 0. The van der Waals surface area contributed by atoms with Gasteiger partial charge in [0.15, 0.2) is 5.82 Å². The van der Waals surface area contributed by atoms with E-state index in [2.05, 4.69) is 14.7 Å². The van der Waals surface area contributed by atoms with Crippen LogP contribution in [-0.4, -0.2) is 29.7 Å². The Morgan fingerprint density at radius 3 is 2.68 bits per heavy atom. The Bertz CT molecular complexity index is 473. The van der Waals surface area contributed by atoms with Gasteiger partial charge in [-0.15, -0.1) is 0 Å². The van der Waals surface area contributed by atoms with Crippen molar-refractivity contribution in [3.63, 3.8) is 0 Å². The lowest BCUT2D eigenvalue weighted by atomic mass is 9.94. The van der Waals surface area contributed by atoms with Gasteiger partial charge in [0.1, 0.15) is 17.0 Å². The molecule has 1 aliphatic heterocycles. The van der Waals surface area contributed by atoms with Gasteiger partial charge < -0.3 is 15.2 Å². The minimum absolute atomic E-state index is 0.143. The topological polar surface area (TPSA) is 87.3 Å². The maximum atomic E-state index is 11.6. The van der Waals surface area contributed by atoms with E-state index in [1.165, 1.54) is 7.11 Å². The van der Waals surface area contributed by atoms with E-state index >= 15 is 0 Å². The number of aryl methyl sites for hydroxylation is 1. The van der Waals surface area contributed by atoms with Crippen LogP contribution >= 0.6 is 0 Å². The number of nitrogens with two attached hydrogens (primary N) is 1. The molecule has 1 unspecified atom stereocenters. The first-order valence-corrected chi connectivity index (χ1v) is 6.35. The second-order valence-corrected chi connectivity index (χ2v) is 4.92. The van der Waals surface area contributed by atoms with Gasteiger partial charge in [-0.05, 0) is 33.1 Å². The van der Waals surface area contributed by atoms with Crippen molar-refractivity contribution in [3.8, 4) is 0 Å². The lowest BCUT2D eigenvalue weighted by Crippen LogP contribution is -2.33. The smallest absolute Gasteiger partial charge is 0.343 e. The monoisotopic (exact) mass is 265 g/mol. The molecule has 1 aromatic rings. The van der Waals surface area contributed by atoms with Crippen LogP contribution in [0.15, 0.2) is 0 Å². The highest BCUT2D eigenvalue weighted by Crippen LogP contribution is 2.33. The number of hydrogen-bond donors (Lipinski definition) is 1. The molecule has 0 saturated carbocycles. The molecule has 2 rings (SSSR count). The van der Waals surface area contributed by atoms with Crippen LogP contribution < -0.4 is 5.73 Å². The van der Waals surface area contributed by atoms with Crippen LogP contribution in [0.3, 0.4) is 0 Å². The van der Waals surface area contributed by atoms with Crippen molar-refractivity contribution >= 4 is 11.8 Å². The normalized spacial score (nSPS) is 23.1. The number of nitrogen functional groups attached to an aromatic ring is 1. The number of carbonyl (C=O) groups excluding carboxylic acids is 1. The van der Waals surface area contributed by atoms with Gasteiger partial charge in [-0.3, -0.25) is 0 Å². The fraction of sp³-hybridized carbons (Fsp3) is 0.615. The highest BCUT2D eigenvalue weighted by atomic mass is 16.5. The Kier molecular flexibility index (Phi) is 3.71. The number of ether oxygens (including phenoxy) is 2. The van der Waals surface area contributed by atoms with Crippen molar-refractivity contribution in [2.45, 2.75) is 38.7 Å². The number of carbonyl (C=O) groups is 1. The molecule has 1 fully saturated rings. The Hall–Kier alpha value is -1.69. The lowest BCUT2D eigenvalue weighted by Gasteiger charge is -2.32. The summed E-state index contributed by atoms with van der Waals surface area (Å²) in [5.74, 6) is 0.163. The molecule has 0 aromatic carbocycles. The van der Waals surface area contributed by atoms with Crippen LogP contribution in [0.25, 0.3) is 0 Å². The standard InChI is InChI=1S/C13H19N3O3/c1-8-9(11(17)18-3)10(14)16-12(15-8)13(2)6-4-5-7-19-13/h4-7H2,1-3H3,(H2,14,15,16). The van der Waals surface area contributed by atoms with Crippen LogP contribution in [0.5, 0.6) is 0 Å². The van der Waals surface area contributed by atoms with Gasteiger partial charge in [0.2, 0.25) is 0 Å². The summed E-state index contributed by atoms with van der Waals surface area (Å²) in [7, 11) is 1.31. The molecule has 0 amide bonds. The summed E-state index contributed by atoms with van der Waals surface area (Å²) in [4.78, 5) is 20.2. The second-order valence-electron chi connectivity index (χ2n) is 4.92. The third-order valence-electron chi connectivity index (χ3n) is 3.45. The molecule has 2 heterocycles. The van der Waals surface area contributed by atoms with Crippen LogP contribution in [0.4, 0.5) is 5.82 Å². The number of methoxy groups -OCH3 is 1. The van der Waals surface area contributed by atoms with Gasteiger partial charge in [0.25, 0.3) is 0 Å². The predicted octanol–water partition coefficient (Wildman–Crippen LogP) is 1.57. The molecule has 1 saturated heterocycles. The zero-order valence-electron chi connectivity index (χ0n) is 11.5. The van der Waals surface area contributed by atoms with Crippen molar-refractivity contribution in [1.82, 2.24) is 9.97 Å². The SMILES string of the molecule is COC(=O)c1c(C)nc(C2(C)CCCCO2)nc1N. The van der Waals surface area contributed by atoms with Crippen LogP contribution in [0.1, 0.15) is 48.1 Å². The third-order valence-corrected chi connectivity index (χ3v) is 3.45. The van der Waals surface area contributed by atoms with Crippen molar-refractivity contribution < 1.29 is 14.3 Å². The number of esters is 1. The molecule has 1 aliphatic rings. The Morgan fingerprint density at radius 1 is 1.42 bits per heavy atom. The van der Waals surface area contributed by atoms with E-state index in [0.717, 1.165) is 19.3 Å². The van der Waals surface area contributed by atoms with E-state index in [1.54, 1.807) is 6.92 Å². The minimum atomic E-state index is -0.522. The molecule has 6 nitrogen and oxygen atoms in total. The van der Waals surface area contributed by atoms with Crippen molar-refractivity contribution in [2.24, 2.45) is 0 Å². The van der Waals surface area contributed by atoms with Crippen molar-refractivity contribution in [3.05, 3.63) is 17.1 Å². The van der Waals surface area contributed by atoms with E-state index in [0.29, 0.717) is 18.1 Å². The van der Waals surface area contributed by atoms with Gasteiger partial charge >= 0.3 is 5.97 Å². The Morgan fingerprint density at radius 2 is 2.16 bits per heavy atom. The van der Waals surface area contributed by atoms with E-state index < -0.39 is 11.6 Å². The maximum absolute atomic E-state index is 11.6. The average Bonchev–Trinajstić information content (AvgIpc) is 2.38. The summed E-state index contributed by atoms with van der Waals surface area (Å²) in [5.41, 5.74) is 6.08. The van der Waals surface area contributed by atoms with E-state index in [9.17, 15) is 4.79 Å². The zero-order valence-corrected chi connectivity index (χ0v) is 11.5. The first-order valence-electron chi connectivity index (χ1n) is 6.35. The zero-order chi connectivity index (χ0) is 14.0. The lowest BCUT2D eigenvalue weighted by molar-refractivity contribution is -0.0760. The Labute approximate surface area is 112 Å². The molecule has 19 heavy (non-hydrogen) atoms. The fourth-order valence-corrected chi connectivity index (χ4v) is 2.30. The highest BCUT2D eigenvalue weighted by molar-refractivity contribution is 5.95. The third kappa shape index (κ3) is 2.53. The molecular formula is C13H19N3O3. The molecule has 1 aromatic heterocycles. The average molecular weight is 265 g/mol. The number of hydrogen-bond acceptors (Lipinski definition) is 6. The quantitative estimate of drug-likeness (QED) is 0.817. The molecule has 0 bridgehead atoms. The van der Waals surface area contributed by atoms with Crippen LogP contribution in [0.2, 0.25) is 0 Å². The molecular weight excluding hydrogens is 246 g/mol.